The van der Waals surface area contributed by atoms with E-state index < -0.39 is 5.82 Å². The highest BCUT2D eigenvalue weighted by Gasteiger charge is 2.08. The first-order valence-electron chi connectivity index (χ1n) is 5.33. The van der Waals surface area contributed by atoms with Gasteiger partial charge in [-0.1, -0.05) is 17.7 Å². The molecule has 0 saturated heterocycles. The van der Waals surface area contributed by atoms with Gasteiger partial charge in [0.05, 0.1) is 16.9 Å². The van der Waals surface area contributed by atoms with Gasteiger partial charge in [-0.3, -0.25) is 0 Å². The van der Waals surface area contributed by atoms with Crippen LogP contribution in [0.3, 0.4) is 0 Å². The molecule has 0 unspecified atom stereocenters. The zero-order valence-electron chi connectivity index (χ0n) is 9.96. The Bertz CT molecular complexity index is 574. The maximum atomic E-state index is 13.5. The van der Waals surface area contributed by atoms with Gasteiger partial charge in [0.25, 0.3) is 0 Å². The highest BCUT2D eigenvalue weighted by Crippen LogP contribution is 2.26. The minimum Gasteiger partial charge on any atom is -0.357 e. The molecule has 0 bridgehead atoms. The van der Waals surface area contributed by atoms with Crippen molar-refractivity contribution in [3.8, 4) is 0 Å². The molecule has 0 atom stereocenters. The molecular weight excluding hydrogens is 255 g/mol. The fraction of sp³-hybridized carbons (Fsp3) is 0.167. The number of aromatic nitrogens is 2. The molecule has 2 N–H and O–H groups in total. The van der Waals surface area contributed by atoms with Crippen LogP contribution in [0.2, 0.25) is 5.02 Å². The van der Waals surface area contributed by atoms with Crippen LogP contribution in [0.15, 0.2) is 24.4 Å². The van der Waals surface area contributed by atoms with Gasteiger partial charge in [-0.2, -0.15) is 4.98 Å². The number of nitrogens with one attached hydrogen (secondary N) is 2. The predicted molar refractivity (Wildman–Crippen MR) is 71.0 cm³/mol. The average Bonchev–Trinajstić information content (AvgIpc) is 2.35. The molecule has 1 aromatic carbocycles. The summed E-state index contributed by atoms with van der Waals surface area (Å²) in [5.74, 6) is -0.118. The van der Waals surface area contributed by atoms with E-state index in [-0.39, 0.29) is 5.82 Å². The fourth-order valence-electron chi connectivity index (χ4n) is 1.42. The van der Waals surface area contributed by atoms with Crippen molar-refractivity contribution in [1.82, 2.24) is 9.97 Å². The zero-order valence-corrected chi connectivity index (χ0v) is 10.7. The maximum absolute atomic E-state index is 13.5. The van der Waals surface area contributed by atoms with Crippen LogP contribution in [0.4, 0.5) is 21.8 Å². The van der Waals surface area contributed by atoms with Crippen molar-refractivity contribution >= 4 is 29.1 Å². The highest BCUT2D eigenvalue weighted by atomic mass is 35.5. The Morgan fingerprint density at radius 2 is 2.11 bits per heavy atom. The molecule has 94 valence electrons. The summed E-state index contributed by atoms with van der Waals surface area (Å²) < 4.78 is 13.5. The second-order valence-corrected chi connectivity index (χ2v) is 4.16. The third-order valence-corrected chi connectivity index (χ3v) is 2.66. The van der Waals surface area contributed by atoms with Crippen molar-refractivity contribution in [2.75, 3.05) is 17.7 Å². The second-order valence-electron chi connectivity index (χ2n) is 3.75. The molecule has 4 nitrogen and oxygen atoms in total. The van der Waals surface area contributed by atoms with E-state index in [4.69, 9.17) is 11.6 Å². The number of benzene rings is 1. The lowest BCUT2D eigenvalue weighted by Gasteiger charge is -2.09. The monoisotopic (exact) mass is 266 g/mol. The van der Waals surface area contributed by atoms with Crippen LogP contribution in [0.25, 0.3) is 0 Å². The lowest BCUT2D eigenvalue weighted by Crippen LogP contribution is -2.03. The summed E-state index contributed by atoms with van der Waals surface area (Å²) in [7, 11) is 1.66. The molecule has 0 aliphatic heterocycles. The van der Waals surface area contributed by atoms with Crippen molar-refractivity contribution in [3.63, 3.8) is 0 Å². The standard InChI is InChI=1S/C12H12ClFN4/c1-7-3-4-10(8(13)5-7)17-11-9(14)6-16-12(15-2)18-11/h3-6H,1-2H3,(H2,15,16,17,18). The van der Waals surface area contributed by atoms with Crippen LogP contribution < -0.4 is 10.6 Å². The van der Waals surface area contributed by atoms with Crippen LogP contribution in [0.1, 0.15) is 5.56 Å². The summed E-state index contributed by atoms with van der Waals surface area (Å²) >= 11 is 6.06. The Hall–Kier alpha value is -1.88. The van der Waals surface area contributed by atoms with Crippen LogP contribution >= 0.6 is 11.6 Å². The van der Waals surface area contributed by atoms with E-state index in [1.165, 1.54) is 0 Å². The van der Waals surface area contributed by atoms with Crippen molar-refractivity contribution in [2.24, 2.45) is 0 Å². The van der Waals surface area contributed by atoms with Crippen LogP contribution in [-0.4, -0.2) is 17.0 Å². The third kappa shape index (κ3) is 2.68. The van der Waals surface area contributed by atoms with Gasteiger partial charge in [0.1, 0.15) is 0 Å². The van der Waals surface area contributed by atoms with Gasteiger partial charge in [-0.05, 0) is 24.6 Å². The molecule has 2 aromatic rings. The third-order valence-electron chi connectivity index (χ3n) is 2.35. The highest BCUT2D eigenvalue weighted by molar-refractivity contribution is 6.33. The molecule has 18 heavy (non-hydrogen) atoms. The summed E-state index contributed by atoms with van der Waals surface area (Å²) in [5, 5.41) is 6.10. The van der Waals surface area contributed by atoms with Crippen molar-refractivity contribution in [1.29, 1.82) is 0 Å². The quantitative estimate of drug-likeness (QED) is 0.894. The number of halogens is 2. The topological polar surface area (TPSA) is 49.8 Å². The second kappa shape index (κ2) is 5.18. The lowest BCUT2D eigenvalue weighted by molar-refractivity contribution is 0.619. The van der Waals surface area contributed by atoms with E-state index in [1.807, 2.05) is 13.0 Å². The van der Waals surface area contributed by atoms with Crippen molar-refractivity contribution in [3.05, 3.63) is 40.8 Å². The normalized spacial score (nSPS) is 10.2. The van der Waals surface area contributed by atoms with Crippen LogP contribution in [0, 0.1) is 12.7 Å². The van der Waals surface area contributed by atoms with Gasteiger partial charge in [0.15, 0.2) is 11.6 Å². The van der Waals surface area contributed by atoms with Gasteiger partial charge >= 0.3 is 0 Å². The molecular formula is C12H12ClFN4. The largest absolute Gasteiger partial charge is 0.357 e. The molecule has 6 heteroatoms. The van der Waals surface area contributed by atoms with Crippen LogP contribution in [-0.2, 0) is 0 Å². The minimum absolute atomic E-state index is 0.0834. The Morgan fingerprint density at radius 1 is 1.33 bits per heavy atom. The van der Waals surface area contributed by atoms with Gasteiger partial charge < -0.3 is 10.6 Å². The first-order valence-corrected chi connectivity index (χ1v) is 5.71. The lowest BCUT2D eigenvalue weighted by atomic mass is 10.2. The van der Waals surface area contributed by atoms with Gasteiger partial charge in [-0.25, -0.2) is 9.37 Å². The molecule has 0 spiro atoms. The van der Waals surface area contributed by atoms with Crippen LogP contribution in [0.5, 0.6) is 0 Å². The number of nitrogens with zero attached hydrogens (tertiary/aromatic N) is 2. The average molecular weight is 267 g/mol. The first-order chi connectivity index (χ1) is 8.60. The smallest absolute Gasteiger partial charge is 0.224 e. The maximum Gasteiger partial charge on any atom is 0.224 e. The number of hydrogen-bond acceptors (Lipinski definition) is 4. The first kappa shape index (κ1) is 12.6. The Balaban J connectivity index is 2.33. The predicted octanol–water partition coefficient (Wildman–Crippen LogP) is 3.36. The number of anilines is 3. The van der Waals surface area contributed by atoms with E-state index in [0.29, 0.717) is 16.7 Å². The van der Waals surface area contributed by atoms with E-state index in [9.17, 15) is 4.39 Å². The Labute approximate surface area is 109 Å². The molecule has 0 aliphatic rings. The minimum atomic E-state index is -0.536. The number of aryl methyl sites for hydroxylation is 1. The molecule has 0 aliphatic carbocycles. The van der Waals surface area contributed by atoms with Gasteiger partial charge in [-0.15, -0.1) is 0 Å². The Morgan fingerprint density at radius 3 is 2.78 bits per heavy atom. The molecule has 0 fully saturated rings. The summed E-state index contributed by atoms with van der Waals surface area (Å²) in [4.78, 5) is 7.75. The summed E-state index contributed by atoms with van der Waals surface area (Å²) in [6.07, 6.45) is 1.10. The molecule has 2 rings (SSSR count). The SMILES string of the molecule is CNc1ncc(F)c(Nc2ccc(C)cc2Cl)n1. The van der Waals surface area contributed by atoms with Crippen molar-refractivity contribution < 1.29 is 4.39 Å². The summed E-state index contributed by atoms with van der Waals surface area (Å²) in [5.41, 5.74) is 1.63. The van der Waals surface area contributed by atoms with E-state index in [2.05, 4.69) is 20.6 Å². The number of hydrogen-bond donors (Lipinski definition) is 2. The summed E-state index contributed by atoms with van der Waals surface area (Å²) in [6, 6.07) is 5.45. The fourth-order valence-corrected chi connectivity index (χ4v) is 1.71. The Kier molecular flexibility index (Phi) is 3.62. The number of rotatable bonds is 3. The molecule has 0 amide bonds. The van der Waals surface area contributed by atoms with Crippen molar-refractivity contribution in [2.45, 2.75) is 6.92 Å². The van der Waals surface area contributed by atoms with E-state index in [0.717, 1.165) is 11.8 Å². The molecule has 1 heterocycles. The molecule has 0 saturated carbocycles. The van der Waals surface area contributed by atoms with Gasteiger partial charge in [0, 0.05) is 7.05 Å². The molecule has 1 aromatic heterocycles. The van der Waals surface area contributed by atoms with E-state index >= 15 is 0 Å². The zero-order chi connectivity index (χ0) is 13.1. The summed E-state index contributed by atoms with van der Waals surface area (Å²) in [6.45, 7) is 1.93. The van der Waals surface area contributed by atoms with E-state index in [1.54, 1.807) is 19.2 Å². The molecule has 0 radical (unpaired) electrons. The van der Waals surface area contributed by atoms with Gasteiger partial charge in [0.2, 0.25) is 5.95 Å².